The molecule has 4 heteroatoms. The molecular formula is C22H20N2O2. The van der Waals surface area contributed by atoms with Crippen molar-refractivity contribution in [1.29, 1.82) is 0 Å². The molecule has 26 heavy (non-hydrogen) atoms. The Balaban J connectivity index is 1.47. The third-order valence-electron chi connectivity index (χ3n) is 4.58. The van der Waals surface area contributed by atoms with Gasteiger partial charge in [-0.15, -0.1) is 0 Å². The number of pyridine rings is 1. The molecule has 0 aliphatic carbocycles. The Labute approximate surface area is 152 Å². The first-order valence-corrected chi connectivity index (χ1v) is 8.78. The van der Waals surface area contributed by atoms with Gasteiger partial charge in [0, 0.05) is 24.8 Å². The van der Waals surface area contributed by atoms with Gasteiger partial charge >= 0.3 is 0 Å². The van der Waals surface area contributed by atoms with Crippen molar-refractivity contribution in [3.63, 3.8) is 0 Å². The van der Waals surface area contributed by atoms with Crippen LogP contribution in [0.15, 0.2) is 72.9 Å². The molecule has 1 aliphatic heterocycles. The molecule has 2 heterocycles. The molecule has 0 spiro atoms. The number of ether oxygens (including phenoxy) is 1. The molecule has 0 radical (unpaired) electrons. The minimum Gasteiger partial charge on any atom is -0.492 e. The maximum Gasteiger partial charge on any atom is 0.174 e. The average Bonchev–Trinajstić information content (AvgIpc) is 2.71. The van der Waals surface area contributed by atoms with E-state index >= 15 is 0 Å². The average molecular weight is 344 g/mol. The van der Waals surface area contributed by atoms with Gasteiger partial charge in [-0.1, -0.05) is 36.4 Å². The highest BCUT2D eigenvalue weighted by atomic mass is 16.5. The van der Waals surface area contributed by atoms with Crippen LogP contribution in [-0.2, 0) is 6.54 Å². The number of rotatable bonds is 5. The van der Waals surface area contributed by atoms with Crippen molar-refractivity contribution in [3.05, 3.63) is 84.1 Å². The lowest BCUT2D eigenvalue weighted by atomic mass is 9.93. The molecule has 1 unspecified atom stereocenters. The molecule has 0 saturated heterocycles. The number of nitrogens with one attached hydrogen (secondary N) is 1. The van der Waals surface area contributed by atoms with Gasteiger partial charge < -0.3 is 10.1 Å². The maximum absolute atomic E-state index is 12.9. The summed E-state index contributed by atoms with van der Waals surface area (Å²) >= 11 is 0. The van der Waals surface area contributed by atoms with Crippen molar-refractivity contribution in [1.82, 2.24) is 10.3 Å². The summed E-state index contributed by atoms with van der Waals surface area (Å²) in [7, 11) is 0. The summed E-state index contributed by atoms with van der Waals surface area (Å²) in [5, 5.41) is 3.37. The summed E-state index contributed by atoms with van der Waals surface area (Å²) in [6.07, 6.45) is 1.75. The zero-order chi connectivity index (χ0) is 17.8. The van der Waals surface area contributed by atoms with Crippen molar-refractivity contribution < 1.29 is 9.53 Å². The highest BCUT2D eigenvalue weighted by Crippen LogP contribution is 2.31. The van der Waals surface area contributed by atoms with Gasteiger partial charge in [0.2, 0.25) is 0 Å². The number of fused-ring (bicyclic) bond motifs is 1. The molecule has 1 N–H and O–H groups in total. The number of carbonyl (C=O) groups is 1. The normalized spacial score (nSPS) is 16.0. The maximum atomic E-state index is 12.9. The SMILES string of the molecule is O=C1c2cc(-c3ccccn3)ccc2OCC1CNCc1ccccc1. The van der Waals surface area contributed by atoms with Gasteiger partial charge in [-0.25, -0.2) is 0 Å². The summed E-state index contributed by atoms with van der Waals surface area (Å²) in [4.78, 5) is 17.3. The number of hydrogen-bond donors (Lipinski definition) is 1. The Kier molecular flexibility index (Phi) is 4.75. The summed E-state index contributed by atoms with van der Waals surface area (Å²) in [5.74, 6) is 0.615. The molecule has 0 amide bonds. The second kappa shape index (κ2) is 7.50. The fraction of sp³-hybridized carbons (Fsp3) is 0.182. The van der Waals surface area contributed by atoms with Gasteiger partial charge in [-0.2, -0.15) is 0 Å². The highest BCUT2D eigenvalue weighted by molar-refractivity contribution is 6.02. The molecule has 130 valence electrons. The van der Waals surface area contributed by atoms with E-state index in [0.717, 1.165) is 17.8 Å². The van der Waals surface area contributed by atoms with Crippen LogP contribution < -0.4 is 10.1 Å². The van der Waals surface area contributed by atoms with Crippen LogP contribution in [0.3, 0.4) is 0 Å². The van der Waals surface area contributed by atoms with Crippen molar-refractivity contribution in [2.24, 2.45) is 5.92 Å². The first kappa shape index (κ1) is 16.5. The Bertz CT molecular complexity index is 895. The monoisotopic (exact) mass is 344 g/mol. The lowest BCUT2D eigenvalue weighted by Crippen LogP contribution is -2.36. The summed E-state index contributed by atoms with van der Waals surface area (Å²) < 4.78 is 5.82. The third kappa shape index (κ3) is 3.51. The van der Waals surface area contributed by atoms with Crippen LogP contribution in [0, 0.1) is 5.92 Å². The second-order valence-corrected chi connectivity index (χ2v) is 6.41. The minimum absolute atomic E-state index is 0.129. The summed E-state index contributed by atoms with van der Waals surface area (Å²) in [5.41, 5.74) is 3.63. The molecule has 0 saturated carbocycles. The van der Waals surface area contributed by atoms with Crippen LogP contribution in [0.1, 0.15) is 15.9 Å². The van der Waals surface area contributed by atoms with Gasteiger partial charge in [0.15, 0.2) is 5.78 Å². The van der Waals surface area contributed by atoms with Crippen molar-refractivity contribution in [3.8, 4) is 17.0 Å². The van der Waals surface area contributed by atoms with Gasteiger partial charge in [0.25, 0.3) is 0 Å². The van der Waals surface area contributed by atoms with Crippen LogP contribution in [-0.4, -0.2) is 23.9 Å². The molecule has 4 rings (SSSR count). The van der Waals surface area contributed by atoms with Crippen LogP contribution in [0.5, 0.6) is 5.75 Å². The summed E-state index contributed by atoms with van der Waals surface area (Å²) in [6.45, 7) is 1.75. The van der Waals surface area contributed by atoms with Gasteiger partial charge in [0.05, 0.1) is 23.8 Å². The number of aromatic nitrogens is 1. The van der Waals surface area contributed by atoms with E-state index in [4.69, 9.17) is 4.74 Å². The van der Waals surface area contributed by atoms with Crippen LogP contribution >= 0.6 is 0 Å². The lowest BCUT2D eigenvalue weighted by molar-refractivity contribution is 0.0829. The molecule has 1 aromatic heterocycles. The number of hydrogen-bond acceptors (Lipinski definition) is 4. The topological polar surface area (TPSA) is 51.2 Å². The molecule has 0 bridgehead atoms. The Hall–Kier alpha value is -2.98. The molecule has 2 aromatic carbocycles. The number of carbonyl (C=O) groups excluding carboxylic acids is 1. The van der Waals surface area contributed by atoms with E-state index in [1.54, 1.807) is 6.20 Å². The van der Waals surface area contributed by atoms with Gasteiger partial charge in [0.1, 0.15) is 5.75 Å². The minimum atomic E-state index is -0.176. The van der Waals surface area contributed by atoms with E-state index in [2.05, 4.69) is 22.4 Å². The Morgan fingerprint density at radius 2 is 1.88 bits per heavy atom. The predicted octanol–water partition coefficient (Wildman–Crippen LogP) is 3.73. The van der Waals surface area contributed by atoms with Crippen LogP contribution in [0.4, 0.5) is 0 Å². The first-order chi connectivity index (χ1) is 12.8. The first-order valence-electron chi connectivity index (χ1n) is 8.78. The lowest BCUT2D eigenvalue weighted by Gasteiger charge is -2.25. The predicted molar refractivity (Wildman–Crippen MR) is 101 cm³/mol. The second-order valence-electron chi connectivity index (χ2n) is 6.41. The van der Waals surface area contributed by atoms with E-state index in [-0.39, 0.29) is 11.7 Å². The van der Waals surface area contributed by atoms with Crippen molar-refractivity contribution >= 4 is 5.78 Å². The zero-order valence-corrected chi connectivity index (χ0v) is 14.4. The number of Topliss-reactive ketones (excluding diaryl/α,β-unsaturated/α-hetero) is 1. The summed E-state index contributed by atoms with van der Waals surface area (Å²) in [6, 6.07) is 21.6. The molecule has 3 aromatic rings. The van der Waals surface area contributed by atoms with Gasteiger partial charge in [-0.3, -0.25) is 9.78 Å². The number of ketones is 1. The van der Waals surface area contributed by atoms with E-state index in [9.17, 15) is 4.79 Å². The van der Waals surface area contributed by atoms with Gasteiger partial charge in [-0.05, 0) is 35.9 Å². The largest absolute Gasteiger partial charge is 0.492 e. The van der Waals surface area contributed by atoms with Crippen molar-refractivity contribution in [2.75, 3.05) is 13.2 Å². The number of nitrogens with zero attached hydrogens (tertiary/aromatic N) is 1. The van der Waals surface area contributed by atoms with E-state index in [1.807, 2.05) is 54.6 Å². The molecule has 1 atom stereocenters. The standard InChI is InChI=1S/C22H20N2O2/c25-22-18(14-23-13-16-6-2-1-3-7-16)15-26-21-10-9-17(12-19(21)22)20-8-4-5-11-24-20/h1-12,18,23H,13-15H2. The molecular weight excluding hydrogens is 324 g/mol. The quantitative estimate of drug-likeness (QED) is 0.766. The fourth-order valence-corrected chi connectivity index (χ4v) is 3.17. The smallest absolute Gasteiger partial charge is 0.174 e. The Morgan fingerprint density at radius 3 is 2.69 bits per heavy atom. The Morgan fingerprint density at radius 1 is 1.04 bits per heavy atom. The van der Waals surface area contributed by atoms with E-state index < -0.39 is 0 Å². The fourth-order valence-electron chi connectivity index (χ4n) is 3.17. The molecule has 1 aliphatic rings. The zero-order valence-electron chi connectivity index (χ0n) is 14.4. The van der Waals surface area contributed by atoms with E-state index in [1.165, 1.54) is 5.56 Å². The molecule has 0 fully saturated rings. The van der Waals surface area contributed by atoms with Crippen molar-refractivity contribution in [2.45, 2.75) is 6.54 Å². The van der Waals surface area contributed by atoms with Crippen LogP contribution in [0.2, 0.25) is 0 Å². The highest BCUT2D eigenvalue weighted by Gasteiger charge is 2.28. The van der Waals surface area contributed by atoms with Crippen LogP contribution in [0.25, 0.3) is 11.3 Å². The third-order valence-corrected chi connectivity index (χ3v) is 4.58. The van der Waals surface area contributed by atoms with E-state index in [0.29, 0.717) is 24.5 Å². The molecule has 4 nitrogen and oxygen atoms in total. The number of benzene rings is 2.